The summed E-state index contributed by atoms with van der Waals surface area (Å²) in [5.74, 6) is 1.77. The van der Waals surface area contributed by atoms with E-state index < -0.39 is 0 Å². The van der Waals surface area contributed by atoms with Crippen LogP contribution >= 0.6 is 0 Å². The van der Waals surface area contributed by atoms with Crippen LogP contribution in [0.4, 0.5) is 17.1 Å². The Labute approximate surface area is 356 Å². The van der Waals surface area contributed by atoms with Gasteiger partial charge in [0.1, 0.15) is 18.0 Å². The summed E-state index contributed by atoms with van der Waals surface area (Å²) in [5, 5.41) is 0. The van der Waals surface area contributed by atoms with Crippen LogP contribution in [-0.4, -0.2) is 18.3 Å². The lowest BCUT2D eigenvalue weighted by Gasteiger charge is -2.39. The van der Waals surface area contributed by atoms with E-state index in [0.717, 1.165) is 34.2 Å². The number of fused-ring (bicyclic) bond motifs is 13. The highest BCUT2D eigenvalue weighted by Crippen LogP contribution is 2.60. The van der Waals surface area contributed by atoms with Gasteiger partial charge in [-0.25, -0.2) is 0 Å². The van der Waals surface area contributed by atoms with Crippen LogP contribution in [0.15, 0.2) is 212 Å². The van der Waals surface area contributed by atoms with E-state index in [2.05, 4.69) is 216 Å². The van der Waals surface area contributed by atoms with E-state index in [1.165, 1.54) is 33.5 Å². The molecule has 10 atom stereocenters. The van der Waals surface area contributed by atoms with Crippen molar-refractivity contribution in [3.63, 3.8) is 0 Å². The van der Waals surface area contributed by atoms with Gasteiger partial charge >= 0.3 is 0 Å². The molecule has 13 rings (SSSR count). The number of rotatable bonds is 6. The molecule has 5 aliphatic carbocycles. The van der Waals surface area contributed by atoms with Crippen LogP contribution in [0.25, 0.3) is 11.4 Å². The molecular weight excluding hydrogens is 749 g/mol. The van der Waals surface area contributed by atoms with Crippen LogP contribution in [0.1, 0.15) is 45.9 Å². The van der Waals surface area contributed by atoms with E-state index in [1.54, 1.807) is 0 Å². The van der Waals surface area contributed by atoms with Crippen molar-refractivity contribution in [3.8, 4) is 5.75 Å². The number of hydrogen-bond acceptors (Lipinski definition) is 5. The normalized spacial score (nSPS) is 29.9. The molecule has 3 aliphatic heterocycles. The van der Waals surface area contributed by atoms with Gasteiger partial charge in [0.2, 0.25) is 0 Å². The standard InChI is InChI=1S/C56H44N2O3/c1-3-17-35(18-4-1)57(47-29-15-27-43-39-23-11-13-31-51(39)59-55(43)47)49-33-45-46-34-50(38-22-8-10-26-42(38)54(46)61-53(45)41-25-9-7-21-37(41)49)58(36-19-5-2-6-20-36)48-30-16-28-44-40-24-12-14-32-52(40)60-56(44)48/h1-34,39-40,43,45-46,51-55H. The van der Waals surface area contributed by atoms with Gasteiger partial charge in [-0.15, -0.1) is 0 Å². The predicted molar refractivity (Wildman–Crippen MR) is 243 cm³/mol. The van der Waals surface area contributed by atoms with E-state index in [4.69, 9.17) is 14.2 Å². The molecule has 10 unspecified atom stereocenters. The Balaban J connectivity index is 0.984. The SMILES string of the molecule is C1=CC2Oc3c(cccc3N(C3=CC4C(OC5c6ccccc6C(N(C6=CC=CC7C6OC6C=CC=CC67)c6ccccc6)=CC54)c4ccccc43)c3ccccc3)C2C=C1. The Morgan fingerprint density at radius 2 is 0.984 bits per heavy atom. The molecule has 0 saturated carbocycles. The monoisotopic (exact) mass is 792 g/mol. The molecule has 2 saturated heterocycles. The minimum absolute atomic E-state index is 0.0187. The first-order valence-electron chi connectivity index (χ1n) is 21.8. The molecule has 5 nitrogen and oxygen atoms in total. The lowest BCUT2D eigenvalue weighted by Crippen LogP contribution is -2.35. The lowest BCUT2D eigenvalue weighted by molar-refractivity contribution is 0.0314. The summed E-state index contributed by atoms with van der Waals surface area (Å²) in [4.78, 5) is 4.92. The molecule has 296 valence electrons. The lowest BCUT2D eigenvalue weighted by atomic mass is 9.74. The quantitative estimate of drug-likeness (QED) is 0.171. The third-order valence-electron chi connectivity index (χ3n) is 14.1. The zero-order chi connectivity index (χ0) is 40.0. The topological polar surface area (TPSA) is 34.2 Å². The Hall–Kier alpha value is -6.66. The van der Waals surface area contributed by atoms with Crippen molar-refractivity contribution >= 4 is 28.5 Å². The van der Waals surface area contributed by atoms with Crippen molar-refractivity contribution in [1.29, 1.82) is 0 Å². The molecule has 5 aromatic rings. The minimum atomic E-state index is -0.127. The molecular formula is C56H44N2O3. The fourth-order valence-corrected chi connectivity index (χ4v) is 11.4. The van der Waals surface area contributed by atoms with Gasteiger partial charge in [0, 0.05) is 63.4 Å². The van der Waals surface area contributed by atoms with E-state index in [-0.39, 0.29) is 54.2 Å². The molecule has 5 heteroatoms. The highest BCUT2D eigenvalue weighted by Gasteiger charge is 2.52. The fourth-order valence-electron chi connectivity index (χ4n) is 11.4. The summed E-state index contributed by atoms with van der Waals surface area (Å²) >= 11 is 0. The maximum absolute atomic E-state index is 7.38. The maximum atomic E-state index is 7.38. The van der Waals surface area contributed by atoms with E-state index in [1.807, 2.05) is 0 Å². The smallest absolute Gasteiger partial charge is 0.148 e. The maximum Gasteiger partial charge on any atom is 0.148 e. The van der Waals surface area contributed by atoms with Crippen molar-refractivity contribution in [2.45, 2.75) is 36.4 Å². The van der Waals surface area contributed by atoms with E-state index in [9.17, 15) is 0 Å². The second kappa shape index (κ2) is 14.0. The fraction of sp³-hybridized carbons (Fsp3) is 0.179. The number of hydrogen-bond donors (Lipinski definition) is 0. The Morgan fingerprint density at radius 1 is 0.410 bits per heavy atom. The number of ether oxygens (including phenoxy) is 3. The average Bonchev–Trinajstić information content (AvgIpc) is 4.02. The predicted octanol–water partition coefficient (Wildman–Crippen LogP) is 12.3. The molecule has 0 bridgehead atoms. The third-order valence-corrected chi connectivity index (χ3v) is 14.1. The molecule has 2 fully saturated rings. The highest BCUT2D eigenvalue weighted by molar-refractivity contribution is 5.93. The molecule has 0 radical (unpaired) electrons. The number of anilines is 3. The largest absolute Gasteiger partial charge is 0.483 e. The second-order valence-electron chi connectivity index (χ2n) is 17.2. The Kier molecular flexibility index (Phi) is 8.03. The summed E-state index contributed by atoms with van der Waals surface area (Å²) in [6.45, 7) is 0. The summed E-state index contributed by atoms with van der Waals surface area (Å²) in [6.07, 6.45) is 29.1. The van der Waals surface area contributed by atoms with Gasteiger partial charge in [0.25, 0.3) is 0 Å². The number of para-hydroxylation sites is 3. The number of nitrogens with zero attached hydrogens (tertiary/aromatic N) is 2. The van der Waals surface area contributed by atoms with Crippen LogP contribution in [0, 0.1) is 23.7 Å². The molecule has 0 spiro atoms. The Morgan fingerprint density at radius 3 is 1.70 bits per heavy atom. The van der Waals surface area contributed by atoms with Gasteiger partial charge in [-0.2, -0.15) is 0 Å². The molecule has 8 aliphatic rings. The molecule has 0 aromatic heterocycles. The van der Waals surface area contributed by atoms with Gasteiger partial charge in [0.05, 0.1) is 35.4 Å². The first-order valence-corrected chi connectivity index (χ1v) is 21.8. The molecule has 0 N–H and O–H groups in total. The van der Waals surface area contributed by atoms with Gasteiger partial charge in [-0.1, -0.05) is 164 Å². The highest BCUT2D eigenvalue weighted by atomic mass is 16.5. The van der Waals surface area contributed by atoms with Gasteiger partial charge in [-0.3, -0.25) is 0 Å². The first-order chi connectivity index (χ1) is 30.3. The van der Waals surface area contributed by atoms with Gasteiger partial charge in [0.15, 0.2) is 0 Å². The van der Waals surface area contributed by atoms with Gasteiger partial charge in [-0.05, 0) is 53.6 Å². The summed E-state index contributed by atoms with van der Waals surface area (Å²) in [7, 11) is 0. The summed E-state index contributed by atoms with van der Waals surface area (Å²) in [5.41, 5.74) is 12.8. The van der Waals surface area contributed by atoms with Crippen molar-refractivity contribution < 1.29 is 14.2 Å². The average molecular weight is 793 g/mol. The van der Waals surface area contributed by atoms with Crippen molar-refractivity contribution in [3.05, 3.63) is 240 Å². The van der Waals surface area contributed by atoms with Crippen molar-refractivity contribution in [1.82, 2.24) is 0 Å². The number of allylic oxidation sites excluding steroid dienone is 6. The summed E-state index contributed by atoms with van der Waals surface area (Å²) in [6, 6.07) is 46.0. The minimum Gasteiger partial charge on any atom is -0.483 e. The third kappa shape index (κ3) is 5.40. The summed E-state index contributed by atoms with van der Waals surface area (Å²) < 4.78 is 21.2. The van der Waals surface area contributed by atoms with Crippen molar-refractivity contribution in [2.24, 2.45) is 23.7 Å². The molecule has 61 heavy (non-hydrogen) atoms. The van der Waals surface area contributed by atoms with Crippen molar-refractivity contribution in [2.75, 3.05) is 9.80 Å². The molecule has 0 amide bonds. The van der Waals surface area contributed by atoms with Crippen LogP contribution in [0.5, 0.6) is 5.75 Å². The second-order valence-corrected chi connectivity index (χ2v) is 17.2. The molecule has 3 heterocycles. The number of benzene rings is 5. The van der Waals surface area contributed by atoms with Crippen LogP contribution in [0.2, 0.25) is 0 Å². The van der Waals surface area contributed by atoms with Crippen LogP contribution < -0.4 is 14.5 Å². The first kappa shape index (κ1) is 35.1. The zero-order valence-electron chi connectivity index (χ0n) is 33.5. The van der Waals surface area contributed by atoms with Crippen LogP contribution in [-0.2, 0) is 9.47 Å². The molecule has 5 aromatic carbocycles. The van der Waals surface area contributed by atoms with Gasteiger partial charge < -0.3 is 24.0 Å². The van der Waals surface area contributed by atoms with E-state index >= 15 is 0 Å². The zero-order valence-corrected chi connectivity index (χ0v) is 33.5. The Bertz CT molecular complexity index is 2830. The van der Waals surface area contributed by atoms with E-state index in [0.29, 0.717) is 5.92 Å². The van der Waals surface area contributed by atoms with Crippen LogP contribution in [0.3, 0.4) is 0 Å².